The largest absolute Gasteiger partial charge is 0.609 e. The molecule has 2 aromatic heterocycles. The van der Waals surface area contributed by atoms with Crippen molar-refractivity contribution in [3.05, 3.63) is 17.5 Å². The molecule has 0 aromatic carbocycles. The maximum Gasteiger partial charge on any atom is 0.347 e. The van der Waals surface area contributed by atoms with E-state index in [2.05, 4.69) is 31.0 Å². The molecular formula is C13H13N7O3S. The Balaban J connectivity index is 1.82. The van der Waals surface area contributed by atoms with Gasteiger partial charge in [0.25, 0.3) is 5.91 Å². The molecule has 0 spiro atoms. The van der Waals surface area contributed by atoms with Crippen LogP contribution in [0.15, 0.2) is 17.1 Å². The summed E-state index contributed by atoms with van der Waals surface area (Å²) in [6, 6.07) is -0.254. The van der Waals surface area contributed by atoms with Crippen molar-refractivity contribution in [3.8, 4) is 0 Å². The summed E-state index contributed by atoms with van der Waals surface area (Å²) in [5.41, 5.74) is 1.01. The second-order valence-electron chi connectivity index (χ2n) is 5.50. The van der Waals surface area contributed by atoms with Gasteiger partial charge in [0.05, 0.1) is 6.20 Å². The van der Waals surface area contributed by atoms with E-state index in [-0.39, 0.29) is 10.9 Å². The third-order valence-corrected chi connectivity index (χ3v) is 4.26. The lowest BCUT2D eigenvalue weighted by atomic mass is 10.2. The van der Waals surface area contributed by atoms with Gasteiger partial charge >= 0.3 is 11.2 Å². The predicted molar refractivity (Wildman–Crippen MR) is 84.4 cm³/mol. The zero-order valence-corrected chi connectivity index (χ0v) is 13.4. The first-order chi connectivity index (χ1) is 11.5. The van der Waals surface area contributed by atoms with Crippen LogP contribution in [0.2, 0.25) is 0 Å². The zero-order valence-electron chi connectivity index (χ0n) is 12.6. The molecule has 1 aliphatic heterocycles. The number of carbonyl (C=O) groups is 2. The second kappa shape index (κ2) is 5.46. The molecule has 1 saturated carbocycles. The van der Waals surface area contributed by atoms with Crippen molar-refractivity contribution in [1.29, 1.82) is 0 Å². The summed E-state index contributed by atoms with van der Waals surface area (Å²) < 4.78 is 13.3. The molecule has 0 radical (unpaired) electrons. The lowest BCUT2D eigenvalue weighted by Gasteiger charge is -2.08. The van der Waals surface area contributed by atoms with Crippen LogP contribution in [0.5, 0.6) is 0 Å². The van der Waals surface area contributed by atoms with Crippen LogP contribution in [0.3, 0.4) is 0 Å². The number of rotatable bonds is 4. The van der Waals surface area contributed by atoms with Crippen molar-refractivity contribution in [2.24, 2.45) is 0 Å². The first kappa shape index (κ1) is 14.9. The molecule has 3 N–H and O–H groups in total. The highest BCUT2D eigenvalue weighted by Crippen LogP contribution is 2.25. The van der Waals surface area contributed by atoms with Crippen molar-refractivity contribution in [3.63, 3.8) is 0 Å². The molecule has 24 heavy (non-hydrogen) atoms. The van der Waals surface area contributed by atoms with Crippen molar-refractivity contribution in [2.75, 3.05) is 11.6 Å². The van der Waals surface area contributed by atoms with E-state index >= 15 is 0 Å². The van der Waals surface area contributed by atoms with Gasteiger partial charge < -0.3 is 15.2 Å². The summed E-state index contributed by atoms with van der Waals surface area (Å²) in [4.78, 5) is 31.4. The van der Waals surface area contributed by atoms with Crippen LogP contribution < -0.4 is 16.0 Å². The number of aromatic nitrogens is 4. The Morgan fingerprint density at radius 3 is 2.79 bits per heavy atom. The fourth-order valence-electron chi connectivity index (χ4n) is 2.25. The highest BCUT2D eigenvalue weighted by Gasteiger charge is 2.26. The molecule has 1 aliphatic carbocycles. The number of anilines is 1. The van der Waals surface area contributed by atoms with Gasteiger partial charge in [-0.05, 0) is 18.9 Å². The highest BCUT2D eigenvalue weighted by atomic mass is 32.2. The van der Waals surface area contributed by atoms with Crippen LogP contribution in [0.4, 0.5) is 10.7 Å². The Morgan fingerprint density at radius 2 is 2.17 bits per heavy atom. The molecule has 10 nitrogen and oxygen atoms in total. The molecule has 3 amide bonds. The van der Waals surface area contributed by atoms with Crippen molar-refractivity contribution < 1.29 is 14.1 Å². The third-order valence-electron chi connectivity index (χ3n) is 3.56. The van der Waals surface area contributed by atoms with Crippen molar-refractivity contribution in [2.45, 2.75) is 24.0 Å². The summed E-state index contributed by atoms with van der Waals surface area (Å²) in [6.45, 7) is 0. The summed E-state index contributed by atoms with van der Waals surface area (Å²) in [7, 11) is 0. The quantitative estimate of drug-likeness (QED) is 0.389. The van der Waals surface area contributed by atoms with Crippen LogP contribution in [-0.2, 0) is 16.0 Å². The van der Waals surface area contributed by atoms with Gasteiger partial charge in [-0.25, -0.2) is 4.79 Å². The van der Waals surface area contributed by atoms with Crippen LogP contribution in [0.25, 0.3) is 11.7 Å². The number of hydrogen-bond acceptors (Lipinski definition) is 7. The molecule has 1 unspecified atom stereocenters. The van der Waals surface area contributed by atoms with Gasteiger partial charge in [0.1, 0.15) is 12.0 Å². The monoisotopic (exact) mass is 347 g/mol. The number of nitrogens with zero attached hydrogens (tertiary/aromatic N) is 4. The number of carbonyl (C=O) groups excluding carboxylic acids is 2. The van der Waals surface area contributed by atoms with Gasteiger partial charge in [-0.15, -0.1) is 4.98 Å². The normalized spacial score (nSPS) is 20.3. The van der Waals surface area contributed by atoms with Crippen molar-refractivity contribution in [1.82, 2.24) is 30.2 Å². The molecule has 3 heterocycles. The number of amides is 3. The SMILES string of the molecule is C[S+]([O-])c1nc(NC2CC2)n2ncc(C=C3NC(=O)NC3=O)c2n1. The van der Waals surface area contributed by atoms with E-state index in [4.69, 9.17) is 0 Å². The van der Waals surface area contributed by atoms with Gasteiger partial charge in [0, 0.05) is 22.8 Å². The zero-order chi connectivity index (χ0) is 16.8. The van der Waals surface area contributed by atoms with E-state index in [1.165, 1.54) is 23.0 Å². The maximum atomic E-state index is 11.8. The van der Waals surface area contributed by atoms with E-state index < -0.39 is 23.1 Å². The molecule has 1 atom stereocenters. The minimum Gasteiger partial charge on any atom is -0.609 e. The van der Waals surface area contributed by atoms with E-state index in [0.29, 0.717) is 23.2 Å². The summed E-state index contributed by atoms with van der Waals surface area (Å²) in [5, 5.41) is 12.2. The maximum absolute atomic E-state index is 11.8. The van der Waals surface area contributed by atoms with E-state index in [0.717, 1.165) is 12.8 Å². The second-order valence-corrected chi connectivity index (χ2v) is 6.78. The van der Waals surface area contributed by atoms with Crippen LogP contribution in [-0.4, -0.2) is 48.4 Å². The van der Waals surface area contributed by atoms with Gasteiger partial charge in [0.2, 0.25) is 5.95 Å². The minimum atomic E-state index is -1.37. The molecule has 4 rings (SSSR count). The molecule has 2 aromatic rings. The Hall–Kier alpha value is -2.66. The smallest absolute Gasteiger partial charge is 0.347 e. The Labute approximate surface area is 138 Å². The van der Waals surface area contributed by atoms with E-state index in [1.54, 1.807) is 0 Å². The van der Waals surface area contributed by atoms with Gasteiger partial charge in [-0.3, -0.25) is 10.1 Å². The van der Waals surface area contributed by atoms with E-state index in [1.807, 2.05) is 0 Å². The summed E-state index contributed by atoms with van der Waals surface area (Å²) >= 11 is -1.37. The van der Waals surface area contributed by atoms with Gasteiger partial charge in [-0.2, -0.15) is 14.6 Å². The number of nitrogens with one attached hydrogen (secondary N) is 3. The number of fused-ring (bicyclic) bond motifs is 1. The van der Waals surface area contributed by atoms with Crippen LogP contribution >= 0.6 is 0 Å². The highest BCUT2D eigenvalue weighted by molar-refractivity contribution is 7.90. The topological polar surface area (TPSA) is 136 Å². The summed E-state index contributed by atoms with van der Waals surface area (Å²) in [6.07, 6.45) is 6.56. The Morgan fingerprint density at radius 1 is 1.38 bits per heavy atom. The fraction of sp³-hybridized carbons (Fsp3) is 0.308. The molecule has 2 fully saturated rings. The molecule has 1 saturated heterocycles. The van der Waals surface area contributed by atoms with Crippen LogP contribution in [0.1, 0.15) is 18.4 Å². The molecule has 11 heteroatoms. The Bertz CT molecular complexity index is 887. The average Bonchev–Trinajstić information content (AvgIpc) is 3.16. The number of imide groups is 1. The van der Waals surface area contributed by atoms with Gasteiger partial charge in [0.15, 0.2) is 5.65 Å². The molecule has 124 valence electrons. The van der Waals surface area contributed by atoms with Crippen molar-refractivity contribution >= 4 is 40.8 Å². The third kappa shape index (κ3) is 2.67. The average molecular weight is 347 g/mol. The summed E-state index contributed by atoms with van der Waals surface area (Å²) in [5.74, 6) is -0.0683. The van der Waals surface area contributed by atoms with E-state index in [9.17, 15) is 14.1 Å². The molecular weight excluding hydrogens is 334 g/mol. The lowest BCUT2D eigenvalue weighted by Crippen LogP contribution is -2.22. The molecule has 2 aliphatic rings. The first-order valence-electron chi connectivity index (χ1n) is 7.21. The number of hydrogen-bond donors (Lipinski definition) is 3. The lowest BCUT2D eigenvalue weighted by molar-refractivity contribution is -0.115. The first-order valence-corrected chi connectivity index (χ1v) is 8.77. The minimum absolute atomic E-state index is 0.101. The number of urea groups is 1. The van der Waals surface area contributed by atoms with Gasteiger partial charge in [-0.1, -0.05) is 0 Å². The standard InChI is InChI=1S/C13H13N7O3S/c1-24(23)13-17-9-6(4-8-10(21)18-12(22)16-8)5-14-20(9)11(19-13)15-7-2-3-7/h4-5,7H,2-3H2,1H3,(H,15,17,19)(H2,16,18,21,22). The van der Waals surface area contributed by atoms with Crippen LogP contribution in [0, 0.1) is 0 Å². The predicted octanol–water partition coefficient (Wildman–Crippen LogP) is -0.384. The fourth-order valence-corrected chi connectivity index (χ4v) is 2.68. The Kier molecular flexibility index (Phi) is 3.39. The molecule has 0 bridgehead atoms.